The largest absolute Gasteiger partial charge is 0.467 e. The van der Waals surface area contributed by atoms with Crippen molar-refractivity contribution in [3.63, 3.8) is 0 Å². The Balaban J connectivity index is 1.45. The number of furan rings is 1. The molecule has 0 aliphatic carbocycles. The molecule has 1 aromatic heterocycles. The van der Waals surface area contributed by atoms with Crippen LogP contribution in [0.5, 0.6) is 0 Å². The lowest BCUT2D eigenvalue weighted by molar-refractivity contribution is -0.131. The van der Waals surface area contributed by atoms with Gasteiger partial charge in [-0.3, -0.25) is 25.2 Å². The number of carbonyl (C=O) groups excluding carboxylic acids is 3. The Bertz CT molecular complexity index is 743. The predicted molar refractivity (Wildman–Crippen MR) is 88.7 cm³/mol. The average Bonchev–Trinajstić information content (AvgIpc) is 3.24. The summed E-state index contributed by atoms with van der Waals surface area (Å²) >= 11 is 0. The zero-order chi connectivity index (χ0) is 17.6. The lowest BCUT2D eigenvalue weighted by atomic mass is 10.1. The molecule has 0 radical (unpaired) electrons. The third-order valence-electron chi connectivity index (χ3n) is 4.04. The monoisotopic (exact) mass is 341 g/mol. The van der Waals surface area contributed by atoms with Crippen molar-refractivity contribution in [3.05, 3.63) is 60.1 Å². The third kappa shape index (κ3) is 4.47. The molecule has 1 aromatic carbocycles. The zero-order valence-corrected chi connectivity index (χ0v) is 13.6. The number of benzene rings is 1. The van der Waals surface area contributed by atoms with E-state index < -0.39 is 5.92 Å². The molecule has 7 nitrogen and oxygen atoms in total. The van der Waals surface area contributed by atoms with Gasteiger partial charge < -0.3 is 9.32 Å². The topological polar surface area (TPSA) is 91.7 Å². The summed E-state index contributed by atoms with van der Waals surface area (Å²) in [6.45, 7) is 0.649. The zero-order valence-electron chi connectivity index (χ0n) is 13.6. The Hall–Kier alpha value is -3.09. The number of hydrogen-bond donors (Lipinski definition) is 2. The fourth-order valence-electron chi connectivity index (χ4n) is 2.75. The van der Waals surface area contributed by atoms with Crippen LogP contribution in [-0.4, -0.2) is 29.2 Å². The highest BCUT2D eigenvalue weighted by Crippen LogP contribution is 2.20. The van der Waals surface area contributed by atoms with Crippen molar-refractivity contribution in [2.75, 3.05) is 6.54 Å². The predicted octanol–water partition coefficient (Wildman–Crippen LogP) is 1.02. The van der Waals surface area contributed by atoms with Crippen molar-refractivity contribution in [1.29, 1.82) is 0 Å². The van der Waals surface area contributed by atoms with Gasteiger partial charge in [0, 0.05) is 13.0 Å². The Morgan fingerprint density at radius 3 is 2.64 bits per heavy atom. The fraction of sp³-hybridized carbons (Fsp3) is 0.278. The van der Waals surface area contributed by atoms with Crippen LogP contribution in [0.2, 0.25) is 0 Å². The van der Waals surface area contributed by atoms with Gasteiger partial charge in [-0.15, -0.1) is 0 Å². The Labute approximate surface area is 145 Å². The minimum Gasteiger partial charge on any atom is -0.467 e. The van der Waals surface area contributed by atoms with Crippen molar-refractivity contribution in [2.45, 2.75) is 19.4 Å². The second-order valence-electron chi connectivity index (χ2n) is 5.95. The molecule has 2 N–H and O–H groups in total. The second kappa shape index (κ2) is 7.65. The van der Waals surface area contributed by atoms with E-state index in [-0.39, 0.29) is 30.6 Å². The van der Waals surface area contributed by atoms with Gasteiger partial charge in [0.2, 0.25) is 17.7 Å². The van der Waals surface area contributed by atoms with Gasteiger partial charge in [0.1, 0.15) is 5.76 Å². The van der Waals surface area contributed by atoms with Gasteiger partial charge >= 0.3 is 0 Å². The fourth-order valence-corrected chi connectivity index (χ4v) is 2.75. The van der Waals surface area contributed by atoms with E-state index in [1.165, 1.54) is 0 Å². The first kappa shape index (κ1) is 16.8. The van der Waals surface area contributed by atoms with E-state index in [0.717, 1.165) is 5.56 Å². The molecule has 2 heterocycles. The van der Waals surface area contributed by atoms with E-state index in [4.69, 9.17) is 4.42 Å². The Morgan fingerprint density at radius 1 is 1.12 bits per heavy atom. The molecule has 3 rings (SSSR count). The number of hydrogen-bond acceptors (Lipinski definition) is 4. The Kier molecular flexibility index (Phi) is 5.13. The third-order valence-corrected chi connectivity index (χ3v) is 4.04. The molecular weight excluding hydrogens is 322 g/mol. The smallest absolute Gasteiger partial charge is 0.243 e. The highest BCUT2D eigenvalue weighted by molar-refractivity contribution is 5.90. The van der Waals surface area contributed by atoms with Crippen LogP contribution in [0.25, 0.3) is 0 Å². The van der Waals surface area contributed by atoms with Gasteiger partial charge in [-0.1, -0.05) is 30.3 Å². The summed E-state index contributed by atoms with van der Waals surface area (Å²) in [6.07, 6.45) is 1.85. The van der Waals surface area contributed by atoms with Crippen LogP contribution in [0.3, 0.4) is 0 Å². The average molecular weight is 341 g/mol. The molecule has 2 aromatic rings. The summed E-state index contributed by atoms with van der Waals surface area (Å²) in [4.78, 5) is 37.6. The number of rotatable bonds is 5. The maximum atomic E-state index is 12.2. The van der Waals surface area contributed by atoms with E-state index in [0.29, 0.717) is 18.8 Å². The summed E-state index contributed by atoms with van der Waals surface area (Å²) in [5.74, 6) is -0.592. The molecule has 1 aliphatic heterocycles. The first-order valence-electron chi connectivity index (χ1n) is 8.04. The van der Waals surface area contributed by atoms with Crippen LogP contribution in [0.15, 0.2) is 53.1 Å². The number of carbonyl (C=O) groups is 3. The quantitative estimate of drug-likeness (QED) is 0.794. The molecule has 1 fully saturated rings. The lowest BCUT2D eigenvalue weighted by Gasteiger charge is -2.15. The summed E-state index contributed by atoms with van der Waals surface area (Å²) in [5.41, 5.74) is 5.66. The van der Waals surface area contributed by atoms with E-state index in [9.17, 15) is 14.4 Å². The normalized spacial score (nSPS) is 16.7. The van der Waals surface area contributed by atoms with Gasteiger partial charge in [-0.2, -0.15) is 0 Å². The van der Waals surface area contributed by atoms with Crippen LogP contribution < -0.4 is 10.9 Å². The van der Waals surface area contributed by atoms with E-state index in [1.54, 1.807) is 23.3 Å². The van der Waals surface area contributed by atoms with Crippen molar-refractivity contribution >= 4 is 17.7 Å². The summed E-state index contributed by atoms with van der Waals surface area (Å²) in [7, 11) is 0. The summed E-state index contributed by atoms with van der Waals surface area (Å²) < 4.78 is 5.22. The number of hydrazine groups is 1. The molecule has 7 heteroatoms. The molecule has 1 atom stereocenters. The van der Waals surface area contributed by atoms with Crippen molar-refractivity contribution in [3.8, 4) is 0 Å². The molecule has 1 saturated heterocycles. The molecule has 1 unspecified atom stereocenters. The summed E-state index contributed by atoms with van der Waals surface area (Å²) in [6, 6.07) is 12.8. The molecule has 25 heavy (non-hydrogen) atoms. The highest BCUT2D eigenvalue weighted by Gasteiger charge is 2.34. The molecule has 1 aliphatic rings. The van der Waals surface area contributed by atoms with Crippen molar-refractivity contribution in [1.82, 2.24) is 15.8 Å². The molecule has 3 amide bonds. The van der Waals surface area contributed by atoms with E-state index >= 15 is 0 Å². The Morgan fingerprint density at radius 2 is 1.92 bits per heavy atom. The van der Waals surface area contributed by atoms with Gasteiger partial charge in [-0.25, -0.2) is 0 Å². The van der Waals surface area contributed by atoms with Gasteiger partial charge in [0.05, 0.1) is 25.1 Å². The standard InChI is InChI=1S/C18H19N3O4/c22-16(9-13-5-2-1-3-6-13)19-20-18(24)14-10-17(23)21(11-14)12-15-7-4-8-25-15/h1-8,14H,9-12H2,(H,19,22)(H,20,24). The van der Waals surface area contributed by atoms with Gasteiger partial charge in [0.15, 0.2) is 0 Å². The van der Waals surface area contributed by atoms with E-state index in [2.05, 4.69) is 10.9 Å². The SMILES string of the molecule is O=C(Cc1ccccc1)NNC(=O)C1CC(=O)N(Cc2ccco2)C1. The van der Waals surface area contributed by atoms with Gasteiger partial charge in [-0.05, 0) is 17.7 Å². The first-order chi connectivity index (χ1) is 12.1. The number of likely N-dealkylation sites (tertiary alicyclic amines) is 1. The van der Waals surface area contributed by atoms with Gasteiger partial charge in [0.25, 0.3) is 0 Å². The first-order valence-corrected chi connectivity index (χ1v) is 8.04. The minimum atomic E-state index is -0.487. The number of nitrogens with one attached hydrogen (secondary N) is 2. The second-order valence-corrected chi connectivity index (χ2v) is 5.95. The molecule has 0 spiro atoms. The highest BCUT2D eigenvalue weighted by atomic mass is 16.3. The maximum absolute atomic E-state index is 12.2. The van der Waals surface area contributed by atoms with Crippen molar-refractivity contribution in [2.24, 2.45) is 5.92 Å². The molecular formula is C18H19N3O4. The number of amides is 3. The van der Waals surface area contributed by atoms with Crippen LogP contribution >= 0.6 is 0 Å². The van der Waals surface area contributed by atoms with Crippen LogP contribution in [0.4, 0.5) is 0 Å². The lowest BCUT2D eigenvalue weighted by Crippen LogP contribution is -2.45. The van der Waals surface area contributed by atoms with Crippen LogP contribution in [-0.2, 0) is 27.3 Å². The van der Waals surface area contributed by atoms with Crippen molar-refractivity contribution < 1.29 is 18.8 Å². The molecule has 0 saturated carbocycles. The minimum absolute atomic E-state index is 0.104. The summed E-state index contributed by atoms with van der Waals surface area (Å²) in [5, 5.41) is 0. The molecule has 0 bridgehead atoms. The van der Waals surface area contributed by atoms with Crippen LogP contribution in [0, 0.1) is 5.92 Å². The van der Waals surface area contributed by atoms with Crippen LogP contribution in [0.1, 0.15) is 17.7 Å². The maximum Gasteiger partial charge on any atom is 0.243 e. The van der Waals surface area contributed by atoms with E-state index in [1.807, 2.05) is 30.3 Å². The molecule has 130 valence electrons. The number of nitrogens with zero attached hydrogens (tertiary/aromatic N) is 1.